The van der Waals surface area contributed by atoms with Gasteiger partial charge in [0, 0.05) is 29.0 Å². The SMILES string of the molecule is O=C(Nc1ccc(S(=O)(=O)O)c2cc(S(=O)(=O)O)cc(O)c12)c1ccc([N+](=O)[O-])cc1S(=O)(=O)O.[H-].[H-].[H-].[Na+].[Na+].[Na+]. The number of phenolic OH excluding ortho intramolecular Hbond substituents is 1. The van der Waals surface area contributed by atoms with Gasteiger partial charge in [0.15, 0.2) is 0 Å². The molecule has 0 aliphatic carbocycles. The molecule has 0 bridgehead atoms. The maximum Gasteiger partial charge on any atom is 1.00 e. The number of rotatable bonds is 6. The van der Waals surface area contributed by atoms with E-state index in [2.05, 4.69) is 5.32 Å². The van der Waals surface area contributed by atoms with E-state index in [0.717, 1.165) is 12.1 Å². The summed E-state index contributed by atoms with van der Waals surface area (Å²) in [5.41, 5.74) is -1.98. The Kier molecular flexibility index (Phi) is 13.1. The van der Waals surface area contributed by atoms with Crippen LogP contribution in [-0.2, 0) is 30.4 Å². The molecule has 38 heavy (non-hydrogen) atoms. The van der Waals surface area contributed by atoms with E-state index in [9.17, 15) is 58.9 Å². The van der Waals surface area contributed by atoms with Crippen LogP contribution in [0.1, 0.15) is 14.6 Å². The van der Waals surface area contributed by atoms with Crippen molar-refractivity contribution in [2.24, 2.45) is 0 Å². The fraction of sp³-hybridized carbons (Fsp3) is 0. The number of hydrogen-bond donors (Lipinski definition) is 5. The van der Waals surface area contributed by atoms with Crippen molar-refractivity contribution in [2.75, 3.05) is 5.32 Å². The van der Waals surface area contributed by atoms with Crippen LogP contribution >= 0.6 is 0 Å². The first kappa shape index (κ1) is 37.3. The van der Waals surface area contributed by atoms with E-state index in [-0.39, 0.29) is 93.0 Å². The fourth-order valence-electron chi connectivity index (χ4n) is 3.10. The van der Waals surface area contributed by atoms with Crippen LogP contribution in [0.5, 0.6) is 5.75 Å². The molecule has 15 nitrogen and oxygen atoms in total. The van der Waals surface area contributed by atoms with Gasteiger partial charge >= 0.3 is 88.7 Å². The molecule has 0 aromatic heterocycles. The van der Waals surface area contributed by atoms with Crippen LogP contribution in [0.15, 0.2) is 57.2 Å². The summed E-state index contributed by atoms with van der Waals surface area (Å²) in [6.45, 7) is 0. The van der Waals surface area contributed by atoms with Crippen LogP contribution in [0, 0.1) is 10.1 Å². The molecule has 0 radical (unpaired) electrons. The Morgan fingerprint density at radius 2 is 1.37 bits per heavy atom. The molecule has 0 unspecified atom stereocenters. The number of carbonyl (C=O) groups is 1. The number of aromatic hydroxyl groups is 1. The van der Waals surface area contributed by atoms with Crippen LogP contribution in [0.2, 0.25) is 0 Å². The molecular formula is C17H15N2Na3O13S3. The predicted molar refractivity (Wildman–Crippen MR) is 119 cm³/mol. The van der Waals surface area contributed by atoms with E-state index in [1.165, 1.54) is 0 Å². The smallest absolute Gasteiger partial charge is 1.00 e. The number of non-ortho nitro benzene ring substituents is 1. The Morgan fingerprint density at radius 1 is 0.816 bits per heavy atom. The zero-order valence-corrected chi connectivity index (χ0v) is 28.1. The first-order valence-corrected chi connectivity index (χ1v) is 13.1. The van der Waals surface area contributed by atoms with Gasteiger partial charge in [0.25, 0.3) is 41.9 Å². The molecular weight excluding hydrogens is 605 g/mol. The number of nitro groups is 1. The molecule has 0 aliphatic heterocycles. The third kappa shape index (κ3) is 8.18. The van der Waals surface area contributed by atoms with Crippen LogP contribution in [0.3, 0.4) is 0 Å². The average molecular weight is 620 g/mol. The van der Waals surface area contributed by atoms with E-state index in [1.54, 1.807) is 0 Å². The van der Waals surface area contributed by atoms with Gasteiger partial charge in [-0.25, -0.2) is 0 Å². The summed E-state index contributed by atoms with van der Waals surface area (Å²) in [5.74, 6) is -2.28. The van der Waals surface area contributed by atoms with E-state index >= 15 is 0 Å². The van der Waals surface area contributed by atoms with Crippen molar-refractivity contribution in [3.8, 4) is 5.75 Å². The summed E-state index contributed by atoms with van der Waals surface area (Å²) in [5, 5.41) is 22.2. The minimum absolute atomic E-state index is 0. The quantitative estimate of drug-likeness (QED) is 0.0744. The van der Waals surface area contributed by atoms with Gasteiger partial charge in [-0.1, -0.05) is 0 Å². The number of hydrogen-bond acceptors (Lipinski definition) is 10. The fourth-order valence-corrected chi connectivity index (χ4v) is 5.02. The number of phenols is 1. The van der Waals surface area contributed by atoms with E-state index in [0.29, 0.717) is 30.3 Å². The Labute approximate surface area is 285 Å². The molecule has 1 amide bonds. The molecule has 0 saturated carbocycles. The molecule has 5 N–H and O–H groups in total. The monoisotopic (exact) mass is 620 g/mol. The summed E-state index contributed by atoms with van der Waals surface area (Å²) in [7, 11) is -15.1. The van der Waals surface area contributed by atoms with Crippen molar-refractivity contribution in [2.45, 2.75) is 14.7 Å². The number of fused-ring (bicyclic) bond motifs is 1. The van der Waals surface area contributed by atoms with Crippen LogP contribution in [-0.4, -0.2) is 54.8 Å². The summed E-state index contributed by atoms with van der Waals surface area (Å²) < 4.78 is 97.9. The second-order valence-corrected chi connectivity index (χ2v) is 11.0. The van der Waals surface area contributed by atoms with Crippen LogP contribution in [0.4, 0.5) is 11.4 Å². The number of carbonyl (C=O) groups excluding carboxylic acids is 1. The van der Waals surface area contributed by atoms with E-state index in [1.807, 2.05) is 0 Å². The maximum absolute atomic E-state index is 12.8. The van der Waals surface area contributed by atoms with Gasteiger partial charge in [0.1, 0.15) is 15.5 Å². The van der Waals surface area contributed by atoms with Gasteiger partial charge in [-0.05, 0) is 24.3 Å². The van der Waals surface area contributed by atoms with Crippen LogP contribution in [0.25, 0.3) is 10.8 Å². The number of benzene rings is 3. The van der Waals surface area contributed by atoms with Crippen molar-refractivity contribution in [3.05, 3.63) is 58.1 Å². The Bertz CT molecular complexity index is 1780. The standard InChI is InChI=1S/C17H12N2O13S3.3Na.3H/c20-13-7-9(33(24,25)26)6-11-14(34(27,28)29)4-3-12(16(11)13)18-17(21)10-2-1-8(19(22)23)5-15(10)35(30,31)32;;;;;;/h1-7,20H,(H,18,21)(H,24,25,26)(H,27,28,29)(H,30,31,32);;;;;;/q;3*+1;3*-1. The van der Waals surface area contributed by atoms with Gasteiger partial charge in [-0.15, -0.1) is 0 Å². The second kappa shape index (κ2) is 13.3. The largest absolute Gasteiger partial charge is 1.00 e. The number of anilines is 1. The van der Waals surface area contributed by atoms with Gasteiger partial charge < -0.3 is 14.7 Å². The molecule has 3 rings (SSSR count). The van der Waals surface area contributed by atoms with E-state index in [4.69, 9.17) is 0 Å². The first-order chi connectivity index (χ1) is 15.9. The summed E-state index contributed by atoms with van der Waals surface area (Å²) in [4.78, 5) is 19.7. The molecule has 0 fully saturated rings. The van der Waals surface area contributed by atoms with Crippen molar-refractivity contribution in [1.82, 2.24) is 0 Å². The first-order valence-electron chi connectivity index (χ1n) is 8.73. The van der Waals surface area contributed by atoms with Gasteiger partial charge in [0.2, 0.25) is 0 Å². The van der Waals surface area contributed by atoms with E-state index < -0.39 is 89.3 Å². The summed E-state index contributed by atoms with van der Waals surface area (Å²) in [6.07, 6.45) is 0. The zero-order valence-electron chi connectivity index (χ0n) is 22.7. The van der Waals surface area contributed by atoms with Crippen LogP contribution < -0.4 is 94.0 Å². The number of amides is 1. The summed E-state index contributed by atoms with van der Waals surface area (Å²) in [6, 6.07) is 4.55. The Hall–Kier alpha value is -0.680. The normalized spacial score (nSPS) is 11.4. The van der Waals surface area contributed by atoms with Crippen molar-refractivity contribution in [3.63, 3.8) is 0 Å². The minimum Gasteiger partial charge on any atom is -1.00 e. The zero-order chi connectivity index (χ0) is 26.5. The summed E-state index contributed by atoms with van der Waals surface area (Å²) >= 11 is 0. The molecule has 3 aromatic rings. The van der Waals surface area contributed by atoms with Gasteiger partial charge in [-0.3, -0.25) is 28.6 Å². The molecule has 0 saturated heterocycles. The molecule has 21 heteroatoms. The molecule has 192 valence electrons. The third-order valence-corrected chi connectivity index (χ3v) is 7.19. The maximum atomic E-state index is 12.8. The van der Waals surface area contributed by atoms with Gasteiger partial charge in [-0.2, -0.15) is 25.3 Å². The number of nitrogens with one attached hydrogen (secondary N) is 1. The molecule has 0 atom stereocenters. The number of nitrogens with zero attached hydrogens (tertiary/aromatic N) is 1. The topological polar surface area (TPSA) is 256 Å². The average Bonchev–Trinajstić information content (AvgIpc) is 2.70. The molecule has 0 heterocycles. The number of nitro benzene ring substituents is 1. The van der Waals surface area contributed by atoms with Crippen molar-refractivity contribution >= 4 is 58.4 Å². The predicted octanol–water partition coefficient (Wildman–Crippen LogP) is -7.20. The minimum atomic E-state index is -5.15. The molecule has 0 aliphatic rings. The second-order valence-electron chi connectivity index (χ2n) is 6.79. The van der Waals surface area contributed by atoms with Crippen molar-refractivity contribution in [1.29, 1.82) is 0 Å². The molecule has 0 spiro atoms. The Morgan fingerprint density at radius 3 is 1.84 bits per heavy atom. The third-order valence-electron chi connectivity index (χ3n) is 4.55. The molecule has 3 aromatic carbocycles. The Balaban J connectivity index is -0.00000114. The van der Waals surface area contributed by atoms with Crippen molar-refractivity contribution < 1.29 is 147 Å². The van der Waals surface area contributed by atoms with Gasteiger partial charge in [0.05, 0.1) is 21.1 Å².